The van der Waals surface area contributed by atoms with E-state index in [2.05, 4.69) is 0 Å². The molecule has 0 aromatic heterocycles. The first-order valence-corrected chi connectivity index (χ1v) is 6.62. The first-order chi connectivity index (χ1) is 9.97. The normalized spacial score (nSPS) is 12.0. The zero-order valence-electron chi connectivity index (χ0n) is 11.9. The van der Waals surface area contributed by atoms with Gasteiger partial charge in [-0.25, -0.2) is 0 Å². The molecule has 2 aromatic carbocycles. The van der Waals surface area contributed by atoms with Crippen LogP contribution in [0.25, 0.3) is 0 Å². The summed E-state index contributed by atoms with van der Waals surface area (Å²) >= 11 is 0. The third-order valence-corrected chi connectivity index (χ3v) is 3.16. The molecule has 5 nitrogen and oxygen atoms in total. The summed E-state index contributed by atoms with van der Waals surface area (Å²) in [4.78, 5) is 10.2. The van der Waals surface area contributed by atoms with Crippen molar-refractivity contribution < 1.29 is 14.8 Å². The highest BCUT2D eigenvalue weighted by atomic mass is 16.6. The molecule has 0 fully saturated rings. The van der Waals surface area contributed by atoms with Crippen molar-refractivity contribution in [2.45, 2.75) is 26.6 Å². The van der Waals surface area contributed by atoms with Crippen LogP contribution in [0, 0.1) is 17.0 Å². The van der Waals surface area contributed by atoms with Crippen molar-refractivity contribution in [2.24, 2.45) is 0 Å². The molecule has 0 saturated heterocycles. The van der Waals surface area contributed by atoms with Gasteiger partial charge in [-0.05, 0) is 43.2 Å². The lowest BCUT2D eigenvalue weighted by atomic mass is 10.1. The second kappa shape index (κ2) is 6.37. The van der Waals surface area contributed by atoms with Gasteiger partial charge in [0.25, 0.3) is 5.69 Å². The van der Waals surface area contributed by atoms with E-state index in [0.717, 1.165) is 16.7 Å². The van der Waals surface area contributed by atoms with E-state index in [1.165, 1.54) is 12.1 Å². The first kappa shape index (κ1) is 15.0. The molecule has 0 saturated carbocycles. The highest BCUT2D eigenvalue weighted by Crippen LogP contribution is 2.27. The van der Waals surface area contributed by atoms with Crippen LogP contribution in [-0.4, -0.2) is 10.0 Å². The number of hydrogen-bond donors (Lipinski definition) is 1. The summed E-state index contributed by atoms with van der Waals surface area (Å²) in [7, 11) is 0. The van der Waals surface area contributed by atoms with Crippen molar-refractivity contribution in [3.63, 3.8) is 0 Å². The quantitative estimate of drug-likeness (QED) is 0.674. The first-order valence-electron chi connectivity index (χ1n) is 6.62. The number of nitro benzene ring substituents is 1. The van der Waals surface area contributed by atoms with E-state index in [1.54, 1.807) is 19.1 Å². The standard InChI is InChI=1S/C16H17NO4/c1-11-3-8-15(12(2)18)16(9-11)21-10-13-4-6-14(7-5-13)17(19)20/h3-9,12,18H,10H2,1-2H3/t12-/m0/s1. The predicted octanol–water partition coefficient (Wildman–Crippen LogP) is 3.54. The summed E-state index contributed by atoms with van der Waals surface area (Å²) in [6.45, 7) is 3.93. The summed E-state index contributed by atoms with van der Waals surface area (Å²) in [5.74, 6) is 0.628. The lowest BCUT2D eigenvalue weighted by Gasteiger charge is -2.14. The molecule has 0 radical (unpaired) electrons. The van der Waals surface area contributed by atoms with Gasteiger partial charge in [-0.2, -0.15) is 0 Å². The number of aryl methyl sites for hydroxylation is 1. The summed E-state index contributed by atoms with van der Waals surface area (Å²) in [5, 5.41) is 20.3. The van der Waals surface area contributed by atoms with Crippen LogP contribution < -0.4 is 4.74 Å². The van der Waals surface area contributed by atoms with Gasteiger partial charge in [-0.15, -0.1) is 0 Å². The Balaban J connectivity index is 2.12. The molecule has 0 heterocycles. The van der Waals surface area contributed by atoms with Gasteiger partial charge < -0.3 is 9.84 Å². The molecular formula is C16H17NO4. The molecule has 0 aliphatic rings. The number of hydrogen-bond acceptors (Lipinski definition) is 4. The molecule has 1 atom stereocenters. The monoisotopic (exact) mass is 287 g/mol. The molecule has 0 aliphatic carbocycles. The van der Waals surface area contributed by atoms with E-state index in [1.807, 2.05) is 25.1 Å². The maximum absolute atomic E-state index is 10.6. The fourth-order valence-electron chi connectivity index (χ4n) is 1.99. The van der Waals surface area contributed by atoms with Crippen molar-refractivity contribution in [2.75, 3.05) is 0 Å². The molecular weight excluding hydrogens is 270 g/mol. The topological polar surface area (TPSA) is 72.6 Å². The van der Waals surface area contributed by atoms with E-state index >= 15 is 0 Å². The summed E-state index contributed by atoms with van der Waals surface area (Å²) in [6.07, 6.45) is -0.613. The second-order valence-corrected chi connectivity index (χ2v) is 4.93. The van der Waals surface area contributed by atoms with Gasteiger partial charge in [-0.3, -0.25) is 10.1 Å². The Morgan fingerprint density at radius 1 is 1.24 bits per heavy atom. The summed E-state index contributed by atoms with van der Waals surface area (Å²) in [6, 6.07) is 11.8. The molecule has 1 N–H and O–H groups in total. The van der Waals surface area contributed by atoms with Crippen molar-refractivity contribution in [1.29, 1.82) is 0 Å². The summed E-state index contributed by atoms with van der Waals surface area (Å²) < 4.78 is 5.74. The van der Waals surface area contributed by atoms with Crippen molar-refractivity contribution in [3.8, 4) is 5.75 Å². The van der Waals surface area contributed by atoms with E-state index in [0.29, 0.717) is 12.4 Å². The molecule has 0 aliphatic heterocycles. The number of nitrogens with zero attached hydrogens (tertiary/aromatic N) is 1. The third kappa shape index (κ3) is 3.79. The minimum Gasteiger partial charge on any atom is -0.489 e. The highest BCUT2D eigenvalue weighted by Gasteiger charge is 2.10. The van der Waals surface area contributed by atoms with Crippen LogP contribution in [0.15, 0.2) is 42.5 Å². The lowest BCUT2D eigenvalue weighted by Crippen LogP contribution is -2.01. The number of benzene rings is 2. The van der Waals surface area contributed by atoms with Crippen LogP contribution in [0.5, 0.6) is 5.75 Å². The Labute approximate surface area is 123 Å². The highest BCUT2D eigenvalue weighted by molar-refractivity contribution is 5.39. The molecule has 0 spiro atoms. The van der Waals surface area contributed by atoms with Crippen molar-refractivity contribution in [3.05, 3.63) is 69.3 Å². The van der Waals surface area contributed by atoms with Crippen LogP contribution >= 0.6 is 0 Å². The predicted molar refractivity (Wildman–Crippen MR) is 79.2 cm³/mol. The fraction of sp³-hybridized carbons (Fsp3) is 0.250. The molecule has 2 aromatic rings. The van der Waals surface area contributed by atoms with E-state index < -0.39 is 11.0 Å². The third-order valence-electron chi connectivity index (χ3n) is 3.16. The molecule has 2 rings (SSSR count). The Hall–Kier alpha value is -2.40. The zero-order valence-corrected chi connectivity index (χ0v) is 11.9. The van der Waals surface area contributed by atoms with Crippen LogP contribution in [0.3, 0.4) is 0 Å². The van der Waals surface area contributed by atoms with Gasteiger partial charge in [0.15, 0.2) is 0 Å². The number of ether oxygens (including phenoxy) is 1. The maximum atomic E-state index is 10.6. The van der Waals surface area contributed by atoms with E-state index in [9.17, 15) is 15.2 Å². The maximum Gasteiger partial charge on any atom is 0.269 e. The van der Waals surface area contributed by atoms with Gasteiger partial charge in [-0.1, -0.05) is 12.1 Å². The largest absolute Gasteiger partial charge is 0.489 e. The van der Waals surface area contributed by atoms with Gasteiger partial charge in [0, 0.05) is 17.7 Å². The molecule has 21 heavy (non-hydrogen) atoms. The Morgan fingerprint density at radius 2 is 1.90 bits per heavy atom. The number of nitro groups is 1. The fourth-order valence-corrected chi connectivity index (χ4v) is 1.99. The number of aliphatic hydroxyl groups excluding tert-OH is 1. The molecule has 0 unspecified atom stereocenters. The van der Waals surface area contributed by atoms with Crippen LogP contribution in [0.4, 0.5) is 5.69 Å². The van der Waals surface area contributed by atoms with Crippen LogP contribution in [0.1, 0.15) is 29.7 Å². The van der Waals surface area contributed by atoms with Crippen molar-refractivity contribution in [1.82, 2.24) is 0 Å². The molecule has 110 valence electrons. The molecule has 5 heteroatoms. The Bertz CT molecular complexity index is 635. The van der Waals surface area contributed by atoms with Crippen LogP contribution in [0.2, 0.25) is 0 Å². The molecule has 0 amide bonds. The summed E-state index contributed by atoms with van der Waals surface area (Å²) in [5.41, 5.74) is 2.65. The van der Waals surface area contributed by atoms with Gasteiger partial charge >= 0.3 is 0 Å². The van der Waals surface area contributed by atoms with Crippen molar-refractivity contribution >= 4 is 5.69 Å². The average molecular weight is 287 g/mol. The van der Waals surface area contributed by atoms with Gasteiger partial charge in [0.05, 0.1) is 11.0 Å². The molecule has 0 bridgehead atoms. The Kier molecular flexibility index (Phi) is 4.55. The van der Waals surface area contributed by atoms with Crippen LogP contribution in [-0.2, 0) is 6.61 Å². The number of non-ortho nitro benzene ring substituents is 1. The second-order valence-electron chi connectivity index (χ2n) is 4.93. The SMILES string of the molecule is Cc1ccc([C@H](C)O)c(OCc2ccc([N+](=O)[O-])cc2)c1. The minimum atomic E-state index is -0.613. The van der Waals surface area contributed by atoms with E-state index in [-0.39, 0.29) is 5.69 Å². The van der Waals surface area contributed by atoms with E-state index in [4.69, 9.17) is 4.74 Å². The number of rotatable bonds is 5. The smallest absolute Gasteiger partial charge is 0.269 e. The van der Waals surface area contributed by atoms with Gasteiger partial charge in [0.2, 0.25) is 0 Å². The van der Waals surface area contributed by atoms with Gasteiger partial charge in [0.1, 0.15) is 12.4 Å². The zero-order chi connectivity index (χ0) is 15.4. The number of aliphatic hydroxyl groups is 1. The lowest BCUT2D eigenvalue weighted by molar-refractivity contribution is -0.384. The Morgan fingerprint density at radius 3 is 2.48 bits per heavy atom. The minimum absolute atomic E-state index is 0.0546. The average Bonchev–Trinajstić information content (AvgIpc) is 2.45.